The van der Waals surface area contributed by atoms with Gasteiger partial charge >= 0.3 is 0 Å². The number of hydrogen-bond donors (Lipinski definition) is 2. The zero-order chi connectivity index (χ0) is 13.1. The molecule has 0 fully saturated rings. The first-order chi connectivity index (χ1) is 8.67. The van der Waals surface area contributed by atoms with E-state index in [-0.39, 0.29) is 0 Å². The number of nitrogens with two attached hydrogens (primary N) is 1. The third-order valence-electron chi connectivity index (χ3n) is 2.88. The van der Waals surface area contributed by atoms with Crippen LogP contribution in [0.1, 0.15) is 11.3 Å². The van der Waals surface area contributed by atoms with Crippen molar-refractivity contribution in [3.05, 3.63) is 34.6 Å². The van der Waals surface area contributed by atoms with E-state index in [1.807, 2.05) is 19.1 Å². The summed E-state index contributed by atoms with van der Waals surface area (Å²) in [7, 11) is 1.65. The summed E-state index contributed by atoms with van der Waals surface area (Å²) in [6, 6.07) is 3.83. The predicted molar refractivity (Wildman–Crippen MR) is 73.1 cm³/mol. The van der Waals surface area contributed by atoms with Gasteiger partial charge in [-0.15, -0.1) is 0 Å². The van der Waals surface area contributed by atoms with Crippen molar-refractivity contribution in [2.75, 3.05) is 13.7 Å². The van der Waals surface area contributed by atoms with Gasteiger partial charge in [0, 0.05) is 28.3 Å². The molecule has 3 N–H and O–H groups in total. The topological polar surface area (TPSA) is 63.9 Å². The maximum Gasteiger partial charge on any atom is 0.127 e. The van der Waals surface area contributed by atoms with Gasteiger partial charge in [0.15, 0.2) is 0 Å². The maximum absolute atomic E-state index is 6.18. The Kier molecular flexibility index (Phi) is 3.89. The lowest BCUT2D eigenvalue weighted by Crippen LogP contribution is -2.04. The Morgan fingerprint density at radius 1 is 1.39 bits per heavy atom. The highest BCUT2D eigenvalue weighted by molar-refractivity contribution is 6.31. The SMILES string of the molecule is COc1cc(C)c(Cl)cc1-c1cn[nH]c1CCN. The van der Waals surface area contributed by atoms with Crippen LogP contribution in [0.15, 0.2) is 18.3 Å². The Morgan fingerprint density at radius 2 is 2.17 bits per heavy atom. The number of hydrogen-bond acceptors (Lipinski definition) is 3. The highest BCUT2D eigenvalue weighted by Crippen LogP contribution is 2.35. The second-order valence-corrected chi connectivity index (χ2v) is 4.51. The molecule has 2 aromatic rings. The molecule has 0 unspecified atom stereocenters. The van der Waals surface area contributed by atoms with Gasteiger partial charge in [0.05, 0.1) is 13.3 Å². The van der Waals surface area contributed by atoms with Crippen LogP contribution in [0.4, 0.5) is 0 Å². The van der Waals surface area contributed by atoms with Crippen molar-refractivity contribution in [1.82, 2.24) is 10.2 Å². The summed E-state index contributed by atoms with van der Waals surface area (Å²) >= 11 is 6.18. The van der Waals surface area contributed by atoms with Gasteiger partial charge in [0.25, 0.3) is 0 Å². The highest BCUT2D eigenvalue weighted by Gasteiger charge is 2.14. The lowest BCUT2D eigenvalue weighted by Gasteiger charge is -2.11. The van der Waals surface area contributed by atoms with Gasteiger partial charge in [-0.25, -0.2) is 0 Å². The van der Waals surface area contributed by atoms with Crippen LogP contribution in [0.25, 0.3) is 11.1 Å². The molecular formula is C13H16ClN3O. The standard InChI is InChI=1S/C13H16ClN3O/c1-8-5-13(18-2)9(6-11(8)14)10-7-16-17-12(10)3-4-15/h5-7H,3-4,15H2,1-2H3,(H,16,17). The second kappa shape index (κ2) is 5.42. The maximum atomic E-state index is 6.18. The van der Waals surface area contributed by atoms with Gasteiger partial charge in [0.2, 0.25) is 0 Å². The van der Waals surface area contributed by atoms with E-state index >= 15 is 0 Å². The number of rotatable bonds is 4. The molecule has 0 aliphatic heterocycles. The fraction of sp³-hybridized carbons (Fsp3) is 0.308. The highest BCUT2D eigenvalue weighted by atomic mass is 35.5. The van der Waals surface area contributed by atoms with Crippen LogP contribution in [0.5, 0.6) is 5.75 Å². The van der Waals surface area contributed by atoms with E-state index in [9.17, 15) is 0 Å². The third-order valence-corrected chi connectivity index (χ3v) is 3.29. The summed E-state index contributed by atoms with van der Waals surface area (Å²) in [5.74, 6) is 0.788. The summed E-state index contributed by atoms with van der Waals surface area (Å²) < 4.78 is 5.41. The van der Waals surface area contributed by atoms with E-state index in [0.29, 0.717) is 11.6 Å². The summed E-state index contributed by atoms with van der Waals surface area (Å²) in [6.45, 7) is 2.52. The van der Waals surface area contributed by atoms with Crippen molar-refractivity contribution < 1.29 is 4.74 Å². The first-order valence-corrected chi connectivity index (χ1v) is 6.12. The molecule has 1 aromatic heterocycles. The van der Waals surface area contributed by atoms with Gasteiger partial charge in [0.1, 0.15) is 5.75 Å². The number of aromatic amines is 1. The Hall–Kier alpha value is -1.52. The van der Waals surface area contributed by atoms with Gasteiger partial charge in [-0.2, -0.15) is 5.10 Å². The van der Waals surface area contributed by atoms with Gasteiger partial charge < -0.3 is 10.5 Å². The van der Waals surface area contributed by atoms with E-state index in [1.54, 1.807) is 13.3 Å². The monoisotopic (exact) mass is 265 g/mol. The number of aromatic nitrogens is 2. The first-order valence-electron chi connectivity index (χ1n) is 5.74. The third kappa shape index (κ3) is 2.35. The largest absolute Gasteiger partial charge is 0.496 e. The van der Waals surface area contributed by atoms with Crippen LogP contribution in [-0.4, -0.2) is 23.9 Å². The lowest BCUT2D eigenvalue weighted by atomic mass is 10.0. The molecule has 1 heterocycles. The normalized spacial score (nSPS) is 10.7. The molecule has 2 rings (SSSR count). The van der Waals surface area contributed by atoms with Gasteiger partial charge in [-0.05, 0) is 31.2 Å². The molecule has 0 atom stereocenters. The molecule has 0 aliphatic carbocycles. The number of methoxy groups -OCH3 is 1. The Morgan fingerprint density at radius 3 is 2.83 bits per heavy atom. The Balaban J connectivity index is 2.55. The number of nitrogens with zero attached hydrogens (tertiary/aromatic N) is 1. The molecule has 0 spiro atoms. The van der Waals surface area contributed by atoms with Gasteiger partial charge in [-0.3, -0.25) is 5.10 Å². The molecule has 5 heteroatoms. The van der Waals surface area contributed by atoms with Crippen LogP contribution in [0.3, 0.4) is 0 Å². The first kappa shape index (κ1) is 12.9. The van der Waals surface area contributed by atoms with Crippen LogP contribution in [-0.2, 0) is 6.42 Å². The number of ether oxygens (including phenoxy) is 1. The molecule has 0 bridgehead atoms. The molecule has 1 aromatic carbocycles. The summed E-state index contributed by atoms with van der Waals surface area (Å²) in [5.41, 5.74) is 9.49. The minimum absolute atomic E-state index is 0.567. The molecule has 0 saturated heterocycles. The van der Waals surface area contributed by atoms with E-state index in [4.69, 9.17) is 22.1 Å². The van der Waals surface area contributed by atoms with Crippen molar-refractivity contribution in [2.45, 2.75) is 13.3 Å². The van der Waals surface area contributed by atoms with E-state index in [1.165, 1.54) is 0 Å². The van der Waals surface area contributed by atoms with Crippen molar-refractivity contribution in [2.24, 2.45) is 5.73 Å². The minimum Gasteiger partial charge on any atom is -0.496 e. The summed E-state index contributed by atoms with van der Waals surface area (Å²) in [6.07, 6.45) is 2.51. The molecule has 0 amide bonds. The van der Waals surface area contributed by atoms with Crippen molar-refractivity contribution in [3.63, 3.8) is 0 Å². The van der Waals surface area contributed by atoms with E-state index in [2.05, 4.69) is 10.2 Å². The quantitative estimate of drug-likeness (QED) is 0.893. The fourth-order valence-electron chi connectivity index (χ4n) is 1.91. The Labute approximate surface area is 111 Å². The summed E-state index contributed by atoms with van der Waals surface area (Å²) in [5, 5.41) is 7.74. The van der Waals surface area contributed by atoms with Crippen molar-refractivity contribution >= 4 is 11.6 Å². The molecule has 4 nitrogen and oxygen atoms in total. The smallest absolute Gasteiger partial charge is 0.127 e. The lowest BCUT2D eigenvalue weighted by molar-refractivity contribution is 0.416. The van der Waals surface area contributed by atoms with Crippen LogP contribution in [0, 0.1) is 6.92 Å². The van der Waals surface area contributed by atoms with E-state index in [0.717, 1.165) is 34.6 Å². The number of aryl methyl sites for hydroxylation is 1. The minimum atomic E-state index is 0.567. The number of H-pyrrole nitrogens is 1. The van der Waals surface area contributed by atoms with Crippen LogP contribution >= 0.6 is 11.6 Å². The molecule has 18 heavy (non-hydrogen) atoms. The van der Waals surface area contributed by atoms with E-state index < -0.39 is 0 Å². The zero-order valence-corrected chi connectivity index (χ0v) is 11.2. The van der Waals surface area contributed by atoms with Crippen molar-refractivity contribution in [1.29, 1.82) is 0 Å². The zero-order valence-electron chi connectivity index (χ0n) is 10.5. The number of benzene rings is 1. The second-order valence-electron chi connectivity index (χ2n) is 4.10. The average molecular weight is 266 g/mol. The van der Waals surface area contributed by atoms with Crippen molar-refractivity contribution in [3.8, 4) is 16.9 Å². The molecule has 0 radical (unpaired) electrons. The van der Waals surface area contributed by atoms with Crippen LogP contribution < -0.4 is 10.5 Å². The average Bonchev–Trinajstić information content (AvgIpc) is 2.80. The molecule has 0 aliphatic rings. The predicted octanol–water partition coefficient (Wildman–Crippen LogP) is 2.55. The van der Waals surface area contributed by atoms with Gasteiger partial charge in [-0.1, -0.05) is 11.6 Å². The Bertz CT molecular complexity index is 551. The number of nitrogens with one attached hydrogen (secondary N) is 1. The summed E-state index contributed by atoms with van der Waals surface area (Å²) in [4.78, 5) is 0. The molecule has 0 saturated carbocycles. The fourth-order valence-corrected chi connectivity index (χ4v) is 2.08. The number of halogens is 1. The van der Waals surface area contributed by atoms with Crippen LogP contribution in [0.2, 0.25) is 5.02 Å². The molecular weight excluding hydrogens is 250 g/mol. The molecule has 96 valence electrons.